The highest BCUT2D eigenvalue weighted by Gasteiger charge is 2.40. The van der Waals surface area contributed by atoms with Gasteiger partial charge in [-0.1, -0.05) is 25.0 Å². The normalized spacial score (nSPS) is 26.6. The van der Waals surface area contributed by atoms with Crippen molar-refractivity contribution in [3.63, 3.8) is 0 Å². The van der Waals surface area contributed by atoms with Crippen LogP contribution < -0.4 is 10.5 Å². The lowest BCUT2D eigenvalue weighted by molar-refractivity contribution is -0.108. The molecule has 1 spiro atoms. The van der Waals surface area contributed by atoms with Crippen LogP contribution in [0.5, 0.6) is 5.75 Å². The molecular formula is C17H25NO2. The zero-order valence-corrected chi connectivity index (χ0v) is 12.3. The van der Waals surface area contributed by atoms with Crippen molar-refractivity contribution in [2.45, 2.75) is 63.2 Å². The summed E-state index contributed by atoms with van der Waals surface area (Å²) in [5, 5.41) is 0. The maximum atomic E-state index is 6.16. The molecule has 110 valence electrons. The lowest BCUT2D eigenvalue weighted by Gasteiger charge is -2.38. The summed E-state index contributed by atoms with van der Waals surface area (Å²) >= 11 is 0. The minimum atomic E-state index is 0.0777. The standard InChI is InChI=1S/C17H25NO2/c1-13(18)14-4-6-15(7-5-14)20-16-8-11-19-17(12-16)9-2-3-10-17/h4-7,13,16H,2-3,8-12,18H2,1H3. The highest BCUT2D eigenvalue weighted by atomic mass is 16.5. The molecule has 2 atom stereocenters. The molecular weight excluding hydrogens is 250 g/mol. The van der Waals surface area contributed by atoms with Gasteiger partial charge in [0.15, 0.2) is 0 Å². The van der Waals surface area contributed by atoms with Crippen molar-refractivity contribution in [1.82, 2.24) is 0 Å². The van der Waals surface area contributed by atoms with E-state index in [0.717, 1.165) is 30.8 Å². The predicted octanol–water partition coefficient (Wildman–Crippen LogP) is 3.58. The van der Waals surface area contributed by atoms with Crippen LogP contribution in [0.2, 0.25) is 0 Å². The molecule has 1 saturated heterocycles. The number of rotatable bonds is 3. The van der Waals surface area contributed by atoms with Crippen molar-refractivity contribution in [3.8, 4) is 5.75 Å². The summed E-state index contributed by atoms with van der Waals surface area (Å²) in [4.78, 5) is 0. The second kappa shape index (κ2) is 5.74. The Morgan fingerprint density at radius 1 is 1.25 bits per heavy atom. The zero-order valence-electron chi connectivity index (χ0n) is 12.3. The van der Waals surface area contributed by atoms with E-state index in [0.29, 0.717) is 6.10 Å². The largest absolute Gasteiger partial charge is 0.490 e. The molecule has 1 aliphatic carbocycles. The van der Waals surface area contributed by atoms with Crippen LogP contribution in [-0.4, -0.2) is 18.3 Å². The van der Waals surface area contributed by atoms with E-state index in [9.17, 15) is 0 Å². The molecule has 3 heteroatoms. The van der Waals surface area contributed by atoms with Gasteiger partial charge < -0.3 is 15.2 Å². The smallest absolute Gasteiger partial charge is 0.119 e. The van der Waals surface area contributed by atoms with Crippen molar-refractivity contribution >= 4 is 0 Å². The van der Waals surface area contributed by atoms with Crippen molar-refractivity contribution in [3.05, 3.63) is 29.8 Å². The highest BCUT2D eigenvalue weighted by molar-refractivity contribution is 5.29. The molecule has 3 nitrogen and oxygen atoms in total. The third-order valence-electron chi connectivity index (χ3n) is 4.67. The zero-order chi connectivity index (χ0) is 14.0. The minimum absolute atomic E-state index is 0.0777. The first-order valence-electron chi connectivity index (χ1n) is 7.83. The summed E-state index contributed by atoms with van der Waals surface area (Å²) in [5.41, 5.74) is 7.14. The van der Waals surface area contributed by atoms with Gasteiger partial charge in [-0.15, -0.1) is 0 Å². The topological polar surface area (TPSA) is 44.5 Å². The Balaban J connectivity index is 1.62. The summed E-state index contributed by atoms with van der Waals surface area (Å²) in [6, 6.07) is 8.27. The molecule has 1 aromatic carbocycles. The Morgan fingerprint density at radius 3 is 2.60 bits per heavy atom. The number of hydrogen-bond donors (Lipinski definition) is 1. The molecule has 1 aromatic rings. The second-order valence-corrected chi connectivity index (χ2v) is 6.33. The first kappa shape index (κ1) is 13.9. The SMILES string of the molecule is CC(N)c1ccc(OC2CCOC3(CCCC3)C2)cc1. The van der Waals surface area contributed by atoms with E-state index < -0.39 is 0 Å². The van der Waals surface area contributed by atoms with E-state index in [1.165, 1.54) is 25.7 Å². The van der Waals surface area contributed by atoms with E-state index in [1.54, 1.807) is 0 Å². The second-order valence-electron chi connectivity index (χ2n) is 6.33. The highest BCUT2D eigenvalue weighted by Crippen LogP contribution is 2.40. The maximum Gasteiger partial charge on any atom is 0.119 e. The van der Waals surface area contributed by atoms with Gasteiger partial charge in [0.25, 0.3) is 0 Å². The van der Waals surface area contributed by atoms with Gasteiger partial charge in [0, 0.05) is 18.9 Å². The lowest BCUT2D eigenvalue weighted by Crippen LogP contribution is -2.41. The first-order chi connectivity index (χ1) is 9.67. The lowest BCUT2D eigenvalue weighted by atomic mass is 9.90. The molecule has 3 rings (SSSR count). The average Bonchev–Trinajstić information content (AvgIpc) is 2.87. The summed E-state index contributed by atoms with van der Waals surface area (Å²) in [6.45, 7) is 2.83. The van der Waals surface area contributed by atoms with Crippen LogP contribution in [0.4, 0.5) is 0 Å². The van der Waals surface area contributed by atoms with Crippen LogP contribution in [0, 0.1) is 0 Å². The van der Waals surface area contributed by atoms with Gasteiger partial charge in [-0.05, 0) is 37.5 Å². The number of nitrogens with two attached hydrogens (primary N) is 1. The fourth-order valence-corrected chi connectivity index (χ4v) is 3.49. The van der Waals surface area contributed by atoms with Gasteiger partial charge in [-0.2, -0.15) is 0 Å². The van der Waals surface area contributed by atoms with Crippen LogP contribution in [0.15, 0.2) is 24.3 Å². The Bertz CT molecular complexity index is 435. The van der Waals surface area contributed by atoms with E-state index >= 15 is 0 Å². The number of hydrogen-bond acceptors (Lipinski definition) is 3. The van der Waals surface area contributed by atoms with Crippen molar-refractivity contribution in [2.24, 2.45) is 5.73 Å². The predicted molar refractivity (Wildman–Crippen MR) is 79.8 cm³/mol. The molecule has 20 heavy (non-hydrogen) atoms. The van der Waals surface area contributed by atoms with E-state index in [2.05, 4.69) is 12.1 Å². The molecule has 0 aromatic heterocycles. The van der Waals surface area contributed by atoms with Crippen LogP contribution in [0.1, 0.15) is 57.1 Å². The molecule has 1 aliphatic heterocycles. The van der Waals surface area contributed by atoms with E-state index in [4.69, 9.17) is 15.2 Å². The van der Waals surface area contributed by atoms with Crippen molar-refractivity contribution in [2.75, 3.05) is 6.61 Å². The maximum absolute atomic E-state index is 6.16. The summed E-state index contributed by atoms with van der Waals surface area (Å²) in [6.07, 6.45) is 7.35. The summed E-state index contributed by atoms with van der Waals surface area (Å²) in [7, 11) is 0. The quantitative estimate of drug-likeness (QED) is 0.917. The van der Waals surface area contributed by atoms with Crippen molar-refractivity contribution < 1.29 is 9.47 Å². The van der Waals surface area contributed by atoms with Gasteiger partial charge in [-0.3, -0.25) is 0 Å². The fourth-order valence-electron chi connectivity index (χ4n) is 3.49. The summed E-state index contributed by atoms with van der Waals surface area (Å²) in [5.74, 6) is 0.953. The van der Waals surface area contributed by atoms with Crippen LogP contribution >= 0.6 is 0 Å². The van der Waals surface area contributed by atoms with Crippen LogP contribution in [0.25, 0.3) is 0 Å². The molecule has 0 radical (unpaired) electrons. The molecule has 0 amide bonds. The molecule has 2 fully saturated rings. The molecule has 0 bridgehead atoms. The Labute approximate surface area is 121 Å². The van der Waals surface area contributed by atoms with Gasteiger partial charge in [0.2, 0.25) is 0 Å². The van der Waals surface area contributed by atoms with Crippen LogP contribution in [0.3, 0.4) is 0 Å². The molecule has 1 saturated carbocycles. The van der Waals surface area contributed by atoms with E-state index in [-0.39, 0.29) is 11.6 Å². The molecule has 1 heterocycles. The Kier molecular flexibility index (Phi) is 3.99. The third-order valence-corrected chi connectivity index (χ3v) is 4.67. The van der Waals surface area contributed by atoms with Gasteiger partial charge in [0.1, 0.15) is 11.9 Å². The van der Waals surface area contributed by atoms with Gasteiger partial charge in [-0.25, -0.2) is 0 Å². The monoisotopic (exact) mass is 275 g/mol. The summed E-state index contributed by atoms with van der Waals surface area (Å²) < 4.78 is 12.2. The number of ether oxygens (including phenoxy) is 2. The number of benzene rings is 1. The molecule has 2 unspecified atom stereocenters. The van der Waals surface area contributed by atoms with E-state index in [1.807, 2.05) is 19.1 Å². The minimum Gasteiger partial charge on any atom is -0.490 e. The molecule has 2 N–H and O–H groups in total. The third kappa shape index (κ3) is 2.99. The Morgan fingerprint density at radius 2 is 1.95 bits per heavy atom. The molecule has 2 aliphatic rings. The Hall–Kier alpha value is -1.06. The van der Waals surface area contributed by atoms with Crippen molar-refractivity contribution in [1.29, 1.82) is 0 Å². The first-order valence-corrected chi connectivity index (χ1v) is 7.83. The van der Waals surface area contributed by atoms with Gasteiger partial charge >= 0.3 is 0 Å². The fraction of sp³-hybridized carbons (Fsp3) is 0.647. The van der Waals surface area contributed by atoms with Crippen LogP contribution in [-0.2, 0) is 4.74 Å². The van der Waals surface area contributed by atoms with Gasteiger partial charge in [0.05, 0.1) is 12.2 Å². The average molecular weight is 275 g/mol.